The van der Waals surface area contributed by atoms with Crippen molar-refractivity contribution in [2.45, 2.75) is 45.8 Å². The highest BCUT2D eigenvalue weighted by Gasteiger charge is 2.34. The third kappa shape index (κ3) is 4.01. The maximum atomic E-state index is 12.3. The predicted molar refractivity (Wildman–Crippen MR) is 88.2 cm³/mol. The molecule has 0 saturated carbocycles. The zero-order valence-electron chi connectivity index (χ0n) is 13.2. The Kier molecular flexibility index (Phi) is 5.12. The molecule has 22 heavy (non-hydrogen) atoms. The molecule has 1 aliphatic heterocycles. The molecule has 1 fully saturated rings. The minimum absolute atomic E-state index is 0.0227. The molecule has 1 aliphatic rings. The van der Waals surface area contributed by atoms with Gasteiger partial charge in [-0.1, -0.05) is 28.1 Å². The molecule has 5 heteroatoms. The van der Waals surface area contributed by atoms with Gasteiger partial charge >= 0.3 is 6.09 Å². The molecule has 0 bridgehead atoms. The average Bonchev–Trinajstić information content (AvgIpc) is 2.47. The summed E-state index contributed by atoms with van der Waals surface area (Å²) in [7, 11) is 0. The van der Waals surface area contributed by atoms with Crippen LogP contribution in [-0.4, -0.2) is 23.6 Å². The van der Waals surface area contributed by atoms with Crippen molar-refractivity contribution in [3.63, 3.8) is 0 Å². The molecular weight excluding hydrogens is 344 g/mol. The summed E-state index contributed by atoms with van der Waals surface area (Å²) in [6.45, 7) is 6.40. The molecule has 0 aliphatic carbocycles. The van der Waals surface area contributed by atoms with Gasteiger partial charge in [-0.05, 0) is 38.5 Å². The van der Waals surface area contributed by atoms with E-state index in [-0.39, 0.29) is 18.2 Å². The number of hydrogen-bond acceptors (Lipinski definition) is 3. The Hall–Kier alpha value is -1.54. The van der Waals surface area contributed by atoms with Crippen LogP contribution in [0, 0.1) is 16.7 Å². The Morgan fingerprint density at radius 2 is 2.09 bits per heavy atom. The van der Waals surface area contributed by atoms with E-state index < -0.39 is 5.41 Å². The van der Waals surface area contributed by atoms with Crippen LogP contribution in [0.4, 0.5) is 4.79 Å². The number of benzene rings is 1. The van der Waals surface area contributed by atoms with Crippen LogP contribution in [0.2, 0.25) is 0 Å². The van der Waals surface area contributed by atoms with Crippen LogP contribution in [0.15, 0.2) is 28.7 Å². The van der Waals surface area contributed by atoms with Crippen LogP contribution in [0.25, 0.3) is 0 Å². The summed E-state index contributed by atoms with van der Waals surface area (Å²) >= 11 is 3.41. The van der Waals surface area contributed by atoms with Gasteiger partial charge in [-0.2, -0.15) is 5.26 Å². The highest BCUT2D eigenvalue weighted by Crippen LogP contribution is 2.30. The number of carbonyl (C=O) groups is 1. The van der Waals surface area contributed by atoms with E-state index in [1.807, 2.05) is 45.0 Å². The lowest BCUT2D eigenvalue weighted by atomic mass is 9.87. The molecule has 4 nitrogen and oxygen atoms in total. The molecule has 118 valence electrons. The van der Waals surface area contributed by atoms with Crippen LogP contribution >= 0.6 is 15.9 Å². The Labute approximate surface area is 140 Å². The van der Waals surface area contributed by atoms with E-state index in [0.717, 1.165) is 16.5 Å². The number of hydrogen-bond donors (Lipinski definition) is 0. The first-order chi connectivity index (χ1) is 10.3. The normalized spacial score (nSPS) is 20.2. The van der Waals surface area contributed by atoms with E-state index in [2.05, 4.69) is 22.0 Å². The lowest BCUT2D eigenvalue weighted by molar-refractivity contribution is 0.000796. The SMILES string of the molecule is CC(c1ccc(Br)cc1)N1CCC(CC(C)(C)C#N)OC1=O. The second-order valence-corrected chi connectivity index (χ2v) is 7.33. The highest BCUT2D eigenvalue weighted by atomic mass is 79.9. The zero-order valence-corrected chi connectivity index (χ0v) is 14.8. The van der Waals surface area contributed by atoms with E-state index in [9.17, 15) is 4.79 Å². The maximum absolute atomic E-state index is 12.3. The fourth-order valence-electron chi connectivity index (χ4n) is 2.68. The molecule has 1 aromatic rings. The fourth-order valence-corrected chi connectivity index (χ4v) is 2.94. The second-order valence-electron chi connectivity index (χ2n) is 6.42. The van der Waals surface area contributed by atoms with Crippen LogP contribution in [-0.2, 0) is 4.74 Å². The van der Waals surface area contributed by atoms with E-state index in [0.29, 0.717) is 13.0 Å². The summed E-state index contributed by atoms with van der Waals surface area (Å²) in [5.74, 6) is 0. The van der Waals surface area contributed by atoms with Gasteiger partial charge in [0.2, 0.25) is 0 Å². The van der Waals surface area contributed by atoms with Gasteiger partial charge in [0.05, 0.1) is 17.5 Å². The molecular formula is C17H21BrN2O2. The molecule has 1 heterocycles. The van der Waals surface area contributed by atoms with Gasteiger partial charge in [0.1, 0.15) is 6.10 Å². The number of amides is 1. The summed E-state index contributed by atoms with van der Waals surface area (Å²) in [5, 5.41) is 9.10. The lowest BCUT2D eigenvalue weighted by Crippen LogP contribution is -2.44. The number of cyclic esters (lactones) is 1. The number of rotatable bonds is 4. The van der Waals surface area contributed by atoms with Gasteiger partial charge < -0.3 is 9.64 Å². The molecule has 1 aromatic carbocycles. The summed E-state index contributed by atoms with van der Waals surface area (Å²) in [4.78, 5) is 14.0. The molecule has 2 rings (SSSR count). The molecule has 0 aromatic heterocycles. The Morgan fingerprint density at radius 3 is 2.64 bits per heavy atom. The molecule has 2 unspecified atom stereocenters. The Morgan fingerprint density at radius 1 is 1.45 bits per heavy atom. The minimum Gasteiger partial charge on any atom is -0.446 e. The van der Waals surface area contributed by atoms with Crippen molar-refractivity contribution < 1.29 is 9.53 Å². The summed E-state index contributed by atoms with van der Waals surface area (Å²) in [6.07, 6.45) is 0.879. The second kappa shape index (κ2) is 6.70. The largest absolute Gasteiger partial charge is 0.446 e. The van der Waals surface area contributed by atoms with Crippen molar-refractivity contribution in [3.8, 4) is 6.07 Å². The van der Waals surface area contributed by atoms with Gasteiger partial charge in [-0.3, -0.25) is 0 Å². The van der Waals surface area contributed by atoms with Crippen molar-refractivity contribution in [3.05, 3.63) is 34.3 Å². The molecule has 0 radical (unpaired) electrons. The van der Waals surface area contributed by atoms with Crippen molar-refractivity contribution in [1.29, 1.82) is 5.26 Å². The van der Waals surface area contributed by atoms with Crippen LogP contribution < -0.4 is 0 Å². The number of halogens is 1. The van der Waals surface area contributed by atoms with E-state index in [4.69, 9.17) is 10.00 Å². The summed E-state index contributed by atoms with van der Waals surface area (Å²) in [6, 6.07) is 10.2. The quantitative estimate of drug-likeness (QED) is 0.780. The maximum Gasteiger partial charge on any atom is 0.410 e. The first-order valence-electron chi connectivity index (χ1n) is 7.46. The van der Waals surface area contributed by atoms with Gasteiger partial charge in [-0.25, -0.2) is 4.79 Å². The first kappa shape index (κ1) is 16.8. The van der Waals surface area contributed by atoms with Gasteiger partial charge in [0.25, 0.3) is 0 Å². The highest BCUT2D eigenvalue weighted by molar-refractivity contribution is 9.10. The monoisotopic (exact) mass is 364 g/mol. The van der Waals surface area contributed by atoms with E-state index in [1.165, 1.54) is 0 Å². The third-order valence-electron chi connectivity index (χ3n) is 4.05. The van der Waals surface area contributed by atoms with Crippen molar-refractivity contribution in [2.75, 3.05) is 6.54 Å². The number of nitriles is 1. The standard InChI is InChI=1S/C17H21BrN2O2/c1-12(13-4-6-14(18)7-5-13)20-9-8-15(22-16(20)21)10-17(2,3)11-19/h4-7,12,15H,8-10H2,1-3H3. The smallest absolute Gasteiger partial charge is 0.410 e. The lowest BCUT2D eigenvalue weighted by Gasteiger charge is -2.37. The summed E-state index contributed by atoms with van der Waals surface area (Å²) in [5.41, 5.74) is 0.612. The average molecular weight is 365 g/mol. The topological polar surface area (TPSA) is 53.3 Å². The van der Waals surface area contributed by atoms with Gasteiger partial charge in [0.15, 0.2) is 0 Å². The van der Waals surface area contributed by atoms with E-state index >= 15 is 0 Å². The van der Waals surface area contributed by atoms with Crippen LogP contribution in [0.1, 0.15) is 45.2 Å². The predicted octanol–water partition coefficient (Wildman–Crippen LogP) is 4.66. The minimum atomic E-state index is -0.468. The van der Waals surface area contributed by atoms with Gasteiger partial charge in [-0.15, -0.1) is 0 Å². The third-order valence-corrected chi connectivity index (χ3v) is 4.58. The first-order valence-corrected chi connectivity index (χ1v) is 8.26. The van der Waals surface area contributed by atoms with Crippen LogP contribution in [0.5, 0.6) is 0 Å². The van der Waals surface area contributed by atoms with Gasteiger partial charge in [0, 0.05) is 23.9 Å². The zero-order chi connectivity index (χ0) is 16.3. The van der Waals surface area contributed by atoms with Crippen molar-refractivity contribution in [1.82, 2.24) is 4.90 Å². The molecule has 0 spiro atoms. The molecule has 2 atom stereocenters. The number of carbonyl (C=O) groups excluding carboxylic acids is 1. The summed E-state index contributed by atoms with van der Waals surface area (Å²) < 4.78 is 6.55. The van der Waals surface area contributed by atoms with Crippen LogP contribution in [0.3, 0.4) is 0 Å². The van der Waals surface area contributed by atoms with Crippen molar-refractivity contribution in [2.24, 2.45) is 5.41 Å². The molecule has 1 amide bonds. The number of ether oxygens (including phenoxy) is 1. The fraction of sp³-hybridized carbons (Fsp3) is 0.529. The Balaban J connectivity index is 2.00. The van der Waals surface area contributed by atoms with Crippen molar-refractivity contribution >= 4 is 22.0 Å². The van der Waals surface area contributed by atoms with E-state index in [1.54, 1.807) is 4.90 Å². The molecule has 0 N–H and O–H groups in total. The molecule has 1 saturated heterocycles. The number of nitrogens with zero attached hydrogens (tertiary/aromatic N) is 2. The Bertz CT molecular complexity index is 577.